The molecular formula is C25H22ClN5O2S2. The third-order valence-corrected chi connectivity index (χ3v) is 6.87. The molecule has 0 radical (unpaired) electrons. The zero-order chi connectivity index (χ0) is 24.6. The highest BCUT2D eigenvalue weighted by atomic mass is 35.5. The van der Waals surface area contributed by atoms with Crippen LogP contribution in [0.1, 0.15) is 23.5 Å². The second-order valence-corrected chi connectivity index (χ2v) is 10.8. The van der Waals surface area contributed by atoms with Crippen LogP contribution in [0.4, 0.5) is 11.4 Å². The summed E-state index contributed by atoms with van der Waals surface area (Å²) < 4.78 is 27.8. The van der Waals surface area contributed by atoms with Crippen molar-refractivity contribution in [2.24, 2.45) is 0 Å². The van der Waals surface area contributed by atoms with Crippen LogP contribution in [0.25, 0.3) is 5.69 Å². The number of nitrogens with zero attached hydrogens (tertiary/aromatic N) is 3. The average Bonchev–Trinajstić information content (AvgIpc) is 3.43. The molecule has 2 N–H and O–H groups in total. The minimum absolute atomic E-state index is 0.217. The third-order valence-electron chi connectivity index (χ3n) is 5.72. The second kappa shape index (κ2) is 9.33. The number of benzene rings is 2. The minimum Gasteiger partial charge on any atom is -0.351 e. The lowest BCUT2D eigenvalue weighted by atomic mass is 10.0. The molecule has 3 heterocycles. The van der Waals surface area contributed by atoms with Gasteiger partial charge in [-0.1, -0.05) is 23.7 Å². The lowest BCUT2D eigenvalue weighted by Gasteiger charge is -2.29. The number of aromatic nitrogens is 2. The monoisotopic (exact) mass is 523 g/mol. The zero-order valence-electron chi connectivity index (χ0n) is 18.7. The quantitative estimate of drug-likeness (QED) is 0.343. The largest absolute Gasteiger partial charge is 0.351 e. The van der Waals surface area contributed by atoms with E-state index in [0.29, 0.717) is 15.8 Å². The maximum atomic E-state index is 11.6. The van der Waals surface area contributed by atoms with Gasteiger partial charge in [0, 0.05) is 40.2 Å². The lowest BCUT2D eigenvalue weighted by Crippen LogP contribution is -2.30. The fourth-order valence-corrected chi connectivity index (χ4v) is 5.43. The van der Waals surface area contributed by atoms with E-state index in [9.17, 15) is 8.42 Å². The molecule has 7 nitrogen and oxygen atoms in total. The number of hydrogen-bond donors (Lipinski definition) is 2. The van der Waals surface area contributed by atoms with Gasteiger partial charge >= 0.3 is 0 Å². The van der Waals surface area contributed by atoms with E-state index in [-0.39, 0.29) is 12.1 Å². The average molecular weight is 524 g/mol. The van der Waals surface area contributed by atoms with Gasteiger partial charge in [0.15, 0.2) is 5.11 Å². The first kappa shape index (κ1) is 23.3. The number of pyridine rings is 1. The number of sulfonamides is 1. The van der Waals surface area contributed by atoms with Gasteiger partial charge in [0.2, 0.25) is 10.0 Å². The van der Waals surface area contributed by atoms with Gasteiger partial charge in [0.25, 0.3) is 0 Å². The van der Waals surface area contributed by atoms with E-state index in [0.717, 1.165) is 29.0 Å². The summed E-state index contributed by atoms with van der Waals surface area (Å²) in [5.41, 5.74) is 4.09. The molecule has 1 aliphatic rings. The Kier molecular flexibility index (Phi) is 6.22. The Morgan fingerprint density at radius 1 is 1.00 bits per heavy atom. The van der Waals surface area contributed by atoms with Gasteiger partial charge in [0.1, 0.15) is 6.04 Å². The van der Waals surface area contributed by atoms with Crippen molar-refractivity contribution < 1.29 is 8.42 Å². The molecule has 0 bridgehead atoms. The number of hydrogen-bond acceptors (Lipinski definition) is 4. The van der Waals surface area contributed by atoms with Crippen LogP contribution in [0, 0.1) is 0 Å². The number of rotatable bonds is 6. The Morgan fingerprint density at radius 3 is 2.49 bits per heavy atom. The molecule has 10 heteroatoms. The van der Waals surface area contributed by atoms with Crippen molar-refractivity contribution in [1.82, 2.24) is 14.9 Å². The van der Waals surface area contributed by atoms with E-state index >= 15 is 0 Å². The minimum atomic E-state index is -3.37. The molecule has 178 valence electrons. The predicted molar refractivity (Wildman–Crippen MR) is 144 cm³/mol. The summed E-state index contributed by atoms with van der Waals surface area (Å²) in [5, 5.41) is 4.64. The van der Waals surface area contributed by atoms with Crippen LogP contribution in [0.15, 0.2) is 91.3 Å². The van der Waals surface area contributed by atoms with Gasteiger partial charge < -0.3 is 14.8 Å². The summed E-state index contributed by atoms with van der Waals surface area (Å²) in [5.74, 6) is 0. The Hall–Kier alpha value is -3.40. The second-order valence-electron chi connectivity index (χ2n) is 8.20. The Labute approximate surface area is 214 Å². The van der Waals surface area contributed by atoms with Crippen LogP contribution in [0.2, 0.25) is 5.02 Å². The van der Waals surface area contributed by atoms with Crippen molar-refractivity contribution >= 4 is 50.3 Å². The Bertz CT molecular complexity index is 1470. The Morgan fingerprint density at radius 2 is 1.80 bits per heavy atom. The molecule has 1 aliphatic heterocycles. The molecule has 0 unspecified atom stereocenters. The molecule has 1 fully saturated rings. The fourth-order valence-electron chi connectivity index (χ4n) is 4.33. The SMILES string of the molecule is CS(=O)(=O)Nc1ccc(N2C(=S)N[C@@H](c3ccccn3)[C@@H]2c2cccn2-c2cccc(Cl)c2)cc1. The Balaban J connectivity index is 1.61. The molecule has 0 amide bonds. The summed E-state index contributed by atoms with van der Waals surface area (Å²) in [7, 11) is -3.37. The smallest absolute Gasteiger partial charge is 0.229 e. The molecule has 2 atom stereocenters. The van der Waals surface area contributed by atoms with Gasteiger partial charge in [0.05, 0.1) is 18.0 Å². The van der Waals surface area contributed by atoms with Crippen LogP contribution in [0.5, 0.6) is 0 Å². The zero-order valence-corrected chi connectivity index (χ0v) is 21.1. The van der Waals surface area contributed by atoms with Crippen molar-refractivity contribution in [2.75, 3.05) is 15.9 Å². The number of anilines is 2. The maximum Gasteiger partial charge on any atom is 0.229 e. The molecule has 0 spiro atoms. The first-order valence-corrected chi connectivity index (χ1v) is 13.5. The van der Waals surface area contributed by atoms with Crippen molar-refractivity contribution in [3.8, 4) is 5.69 Å². The topological polar surface area (TPSA) is 79.3 Å². The van der Waals surface area contributed by atoms with Crippen LogP contribution < -0.4 is 14.9 Å². The number of nitrogens with one attached hydrogen (secondary N) is 2. The molecule has 2 aromatic heterocycles. The van der Waals surface area contributed by atoms with Crippen molar-refractivity contribution in [1.29, 1.82) is 0 Å². The van der Waals surface area contributed by atoms with Crippen molar-refractivity contribution in [3.63, 3.8) is 0 Å². The molecule has 2 aromatic carbocycles. The van der Waals surface area contributed by atoms with E-state index in [1.807, 2.05) is 71.8 Å². The summed E-state index contributed by atoms with van der Waals surface area (Å²) in [6, 6.07) is 24.2. The first-order valence-electron chi connectivity index (χ1n) is 10.8. The highest BCUT2D eigenvalue weighted by molar-refractivity contribution is 7.92. The van der Waals surface area contributed by atoms with E-state index in [1.165, 1.54) is 0 Å². The van der Waals surface area contributed by atoms with Gasteiger partial charge in [-0.25, -0.2) is 8.42 Å². The van der Waals surface area contributed by atoms with Crippen LogP contribution in [-0.4, -0.2) is 29.3 Å². The van der Waals surface area contributed by atoms with E-state index < -0.39 is 10.0 Å². The standard InChI is InChI=1S/C25H22ClN5O2S2/c1-35(32,33)29-18-10-12-19(13-11-18)31-24(23(28-25(31)34)21-8-2-3-14-27-21)22-9-5-15-30(22)20-7-4-6-17(26)16-20/h2-16,23-24,29H,1H3,(H,28,34)/t23-,24-/m0/s1. The van der Waals surface area contributed by atoms with Gasteiger partial charge in [-0.2, -0.15) is 0 Å². The van der Waals surface area contributed by atoms with Crippen molar-refractivity contribution in [3.05, 3.63) is 108 Å². The maximum absolute atomic E-state index is 11.6. The van der Waals surface area contributed by atoms with E-state index in [4.69, 9.17) is 23.8 Å². The molecule has 0 aliphatic carbocycles. The molecule has 4 aromatic rings. The van der Waals surface area contributed by atoms with Gasteiger partial charge in [-0.05, 0) is 78.9 Å². The van der Waals surface area contributed by atoms with Crippen LogP contribution in [-0.2, 0) is 10.0 Å². The first-order chi connectivity index (χ1) is 16.8. The summed E-state index contributed by atoms with van der Waals surface area (Å²) >= 11 is 12.1. The summed E-state index contributed by atoms with van der Waals surface area (Å²) in [6.07, 6.45) is 4.88. The van der Waals surface area contributed by atoms with E-state index in [1.54, 1.807) is 18.3 Å². The fraction of sp³-hybridized carbons (Fsp3) is 0.120. The molecule has 5 rings (SSSR count). The number of thiocarbonyl (C=S) groups is 1. The molecular weight excluding hydrogens is 502 g/mol. The molecule has 0 saturated carbocycles. The van der Waals surface area contributed by atoms with Crippen molar-refractivity contribution in [2.45, 2.75) is 12.1 Å². The highest BCUT2D eigenvalue weighted by Crippen LogP contribution is 2.42. The third kappa shape index (κ3) is 4.88. The van der Waals surface area contributed by atoms with E-state index in [2.05, 4.69) is 25.7 Å². The normalized spacial score (nSPS) is 17.9. The van der Waals surface area contributed by atoms with Gasteiger partial charge in [-0.3, -0.25) is 9.71 Å². The predicted octanol–water partition coefficient (Wildman–Crippen LogP) is 5.07. The molecule has 35 heavy (non-hydrogen) atoms. The summed E-state index contributed by atoms with van der Waals surface area (Å²) in [6.45, 7) is 0. The van der Waals surface area contributed by atoms with Crippen LogP contribution in [0.3, 0.4) is 0 Å². The lowest BCUT2D eigenvalue weighted by molar-refractivity contribution is 0.549. The summed E-state index contributed by atoms with van der Waals surface area (Å²) in [4.78, 5) is 6.64. The van der Waals surface area contributed by atoms with Gasteiger partial charge in [-0.15, -0.1) is 0 Å². The highest BCUT2D eigenvalue weighted by Gasteiger charge is 2.42. The van der Waals surface area contributed by atoms with Crippen LogP contribution >= 0.6 is 23.8 Å². The number of halogens is 1. The molecule has 1 saturated heterocycles.